The molecule has 0 heterocycles. The van der Waals surface area contributed by atoms with Crippen molar-refractivity contribution in [1.82, 2.24) is 4.90 Å². The first-order valence-electron chi connectivity index (χ1n) is 8.92. The van der Waals surface area contributed by atoms with Crippen LogP contribution in [0.3, 0.4) is 0 Å². The molecule has 0 aliphatic rings. The summed E-state index contributed by atoms with van der Waals surface area (Å²) in [4.78, 5) is 25.7. The van der Waals surface area contributed by atoms with E-state index in [1.54, 1.807) is 44.3 Å². The number of anilines is 1. The number of carbonyl (C=O) groups is 2. The van der Waals surface area contributed by atoms with Crippen LogP contribution in [-0.2, 0) is 16.0 Å². The number of ether oxygens (including phenoxy) is 2. The van der Waals surface area contributed by atoms with Crippen molar-refractivity contribution in [3.05, 3.63) is 58.1 Å². The number of carbonyl (C=O) groups excluding carboxylic acids is 2. The molecular formula is C21H25BrN2O4. The van der Waals surface area contributed by atoms with Gasteiger partial charge < -0.3 is 19.7 Å². The maximum Gasteiger partial charge on any atom is 0.255 e. The molecule has 6 nitrogen and oxygen atoms in total. The highest BCUT2D eigenvalue weighted by Gasteiger charge is 2.10. The summed E-state index contributed by atoms with van der Waals surface area (Å²) < 4.78 is 11.2. The van der Waals surface area contributed by atoms with Gasteiger partial charge in [0.25, 0.3) is 5.91 Å². The van der Waals surface area contributed by atoms with Crippen molar-refractivity contribution in [1.29, 1.82) is 0 Å². The van der Waals surface area contributed by atoms with Crippen molar-refractivity contribution in [2.75, 3.05) is 39.7 Å². The van der Waals surface area contributed by atoms with E-state index in [0.717, 1.165) is 5.56 Å². The Kier molecular flexibility index (Phi) is 8.47. The molecular weight excluding hydrogens is 424 g/mol. The molecule has 0 unspecified atom stereocenters. The van der Waals surface area contributed by atoms with E-state index in [9.17, 15) is 9.59 Å². The molecule has 0 aliphatic carbocycles. The second-order valence-electron chi connectivity index (χ2n) is 6.43. The lowest BCUT2D eigenvalue weighted by molar-refractivity contribution is -0.128. The minimum atomic E-state index is -0.209. The summed E-state index contributed by atoms with van der Waals surface area (Å²) in [5.74, 6) is 0.544. The first-order chi connectivity index (χ1) is 13.4. The highest BCUT2D eigenvalue weighted by molar-refractivity contribution is 9.10. The summed E-state index contributed by atoms with van der Waals surface area (Å²) in [6, 6.07) is 12.7. The van der Waals surface area contributed by atoms with Gasteiger partial charge in [-0.05, 0) is 58.2 Å². The van der Waals surface area contributed by atoms with E-state index < -0.39 is 0 Å². The lowest BCUT2D eigenvalue weighted by Gasteiger charge is -2.11. The molecule has 0 fully saturated rings. The van der Waals surface area contributed by atoms with Crippen LogP contribution in [0.4, 0.5) is 5.69 Å². The second kappa shape index (κ2) is 10.8. The van der Waals surface area contributed by atoms with Crippen molar-refractivity contribution in [2.24, 2.45) is 0 Å². The van der Waals surface area contributed by atoms with Crippen LogP contribution in [0.25, 0.3) is 0 Å². The third-order valence-electron chi connectivity index (χ3n) is 4.08. The van der Waals surface area contributed by atoms with Gasteiger partial charge in [0, 0.05) is 38.9 Å². The van der Waals surface area contributed by atoms with Crippen LogP contribution in [0.2, 0.25) is 0 Å². The van der Waals surface area contributed by atoms with Crippen LogP contribution in [0, 0.1) is 0 Å². The van der Waals surface area contributed by atoms with Gasteiger partial charge in [-0.25, -0.2) is 0 Å². The predicted octanol–water partition coefficient (Wildman–Crippen LogP) is 3.75. The minimum absolute atomic E-state index is 0.0950. The summed E-state index contributed by atoms with van der Waals surface area (Å²) >= 11 is 3.42. The molecule has 2 aromatic carbocycles. The van der Waals surface area contributed by atoms with E-state index in [-0.39, 0.29) is 11.8 Å². The SMILES string of the molecule is COCCOc1ccc(C(=O)Nc2ccc(CCC(=O)N(C)C)cc2)cc1Br. The minimum Gasteiger partial charge on any atom is -0.490 e. The molecule has 2 amide bonds. The number of nitrogens with zero attached hydrogens (tertiary/aromatic N) is 1. The first-order valence-corrected chi connectivity index (χ1v) is 9.71. The smallest absolute Gasteiger partial charge is 0.255 e. The first kappa shape index (κ1) is 21.9. The lowest BCUT2D eigenvalue weighted by Crippen LogP contribution is -2.21. The number of nitrogens with one attached hydrogen (secondary N) is 1. The number of halogens is 1. The fourth-order valence-corrected chi connectivity index (χ4v) is 2.92. The van der Waals surface area contributed by atoms with Crippen LogP contribution in [0.15, 0.2) is 46.9 Å². The monoisotopic (exact) mass is 448 g/mol. The van der Waals surface area contributed by atoms with Crippen molar-refractivity contribution in [2.45, 2.75) is 12.8 Å². The Labute approximate surface area is 174 Å². The quantitative estimate of drug-likeness (QED) is 0.593. The molecule has 150 valence electrons. The molecule has 0 aromatic heterocycles. The highest BCUT2D eigenvalue weighted by atomic mass is 79.9. The third-order valence-corrected chi connectivity index (χ3v) is 4.70. The molecule has 28 heavy (non-hydrogen) atoms. The Balaban J connectivity index is 1.93. The fraction of sp³-hybridized carbons (Fsp3) is 0.333. The molecule has 7 heteroatoms. The van der Waals surface area contributed by atoms with Gasteiger partial charge in [0.05, 0.1) is 11.1 Å². The molecule has 0 radical (unpaired) electrons. The van der Waals surface area contributed by atoms with Gasteiger partial charge in [0.2, 0.25) is 5.91 Å². The number of hydrogen-bond donors (Lipinski definition) is 1. The fourth-order valence-electron chi connectivity index (χ4n) is 2.43. The maximum absolute atomic E-state index is 12.5. The van der Waals surface area contributed by atoms with Gasteiger partial charge in [-0.3, -0.25) is 9.59 Å². The molecule has 1 N–H and O–H groups in total. The van der Waals surface area contributed by atoms with Crippen molar-refractivity contribution in [3.8, 4) is 5.75 Å². The largest absolute Gasteiger partial charge is 0.490 e. The average molecular weight is 449 g/mol. The van der Waals surface area contributed by atoms with Crippen molar-refractivity contribution < 1.29 is 19.1 Å². The number of aryl methyl sites for hydroxylation is 1. The molecule has 0 bridgehead atoms. The maximum atomic E-state index is 12.5. The standard InChI is InChI=1S/C21H25BrN2O4/c1-24(2)20(25)11-6-15-4-8-17(9-5-15)23-21(26)16-7-10-19(18(22)14-16)28-13-12-27-3/h4-5,7-10,14H,6,11-13H2,1-3H3,(H,23,26). The Hall–Kier alpha value is -2.38. The van der Waals surface area contributed by atoms with Crippen molar-refractivity contribution >= 4 is 33.4 Å². The van der Waals surface area contributed by atoms with Crippen LogP contribution in [-0.4, -0.2) is 51.1 Å². The number of methoxy groups -OCH3 is 1. The number of benzene rings is 2. The summed E-state index contributed by atoms with van der Waals surface area (Å²) in [5.41, 5.74) is 2.27. The van der Waals surface area contributed by atoms with E-state index in [1.807, 2.05) is 24.3 Å². The van der Waals surface area contributed by atoms with E-state index in [1.165, 1.54) is 0 Å². The van der Waals surface area contributed by atoms with Gasteiger partial charge in [-0.2, -0.15) is 0 Å². The predicted molar refractivity (Wildman–Crippen MR) is 113 cm³/mol. The van der Waals surface area contributed by atoms with Gasteiger partial charge in [0.1, 0.15) is 12.4 Å². The molecule has 0 aliphatic heterocycles. The van der Waals surface area contributed by atoms with E-state index >= 15 is 0 Å². The highest BCUT2D eigenvalue weighted by Crippen LogP contribution is 2.26. The van der Waals surface area contributed by atoms with E-state index in [2.05, 4.69) is 21.2 Å². The molecule has 0 saturated heterocycles. The molecule has 0 spiro atoms. The summed E-state index contributed by atoms with van der Waals surface area (Å²) in [6.07, 6.45) is 1.13. The Morgan fingerprint density at radius 1 is 1.07 bits per heavy atom. The van der Waals surface area contributed by atoms with Crippen LogP contribution in [0.1, 0.15) is 22.3 Å². The van der Waals surface area contributed by atoms with Gasteiger partial charge in [0.15, 0.2) is 0 Å². The summed E-state index contributed by atoms with van der Waals surface area (Å²) in [7, 11) is 5.11. The van der Waals surface area contributed by atoms with Gasteiger partial charge >= 0.3 is 0 Å². The molecule has 0 atom stereocenters. The zero-order valence-electron chi connectivity index (χ0n) is 16.3. The van der Waals surface area contributed by atoms with Gasteiger partial charge in [-0.15, -0.1) is 0 Å². The average Bonchev–Trinajstić information content (AvgIpc) is 2.68. The lowest BCUT2D eigenvalue weighted by atomic mass is 10.1. The second-order valence-corrected chi connectivity index (χ2v) is 7.28. The number of hydrogen-bond acceptors (Lipinski definition) is 4. The number of amides is 2. The zero-order valence-corrected chi connectivity index (χ0v) is 17.9. The van der Waals surface area contributed by atoms with Crippen LogP contribution < -0.4 is 10.1 Å². The Morgan fingerprint density at radius 3 is 2.39 bits per heavy atom. The van der Waals surface area contributed by atoms with Crippen LogP contribution in [0.5, 0.6) is 5.75 Å². The summed E-state index contributed by atoms with van der Waals surface area (Å²) in [6.45, 7) is 0.932. The normalized spacial score (nSPS) is 10.4. The Morgan fingerprint density at radius 2 is 1.79 bits per heavy atom. The number of rotatable bonds is 9. The molecule has 2 aromatic rings. The van der Waals surface area contributed by atoms with Crippen LogP contribution >= 0.6 is 15.9 Å². The topological polar surface area (TPSA) is 67.9 Å². The molecule has 2 rings (SSSR count). The third kappa shape index (κ3) is 6.65. The Bertz CT molecular complexity index is 807. The van der Waals surface area contributed by atoms with Crippen molar-refractivity contribution in [3.63, 3.8) is 0 Å². The van der Waals surface area contributed by atoms with E-state index in [0.29, 0.717) is 47.5 Å². The van der Waals surface area contributed by atoms with E-state index in [4.69, 9.17) is 9.47 Å². The van der Waals surface area contributed by atoms with Gasteiger partial charge in [-0.1, -0.05) is 12.1 Å². The summed E-state index contributed by atoms with van der Waals surface area (Å²) in [5, 5.41) is 2.87. The molecule has 0 saturated carbocycles. The zero-order chi connectivity index (χ0) is 20.5.